The quantitative estimate of drug-likeness (QED) is 0.407. The van der Waals surface area contributed by atoms with Crippen LogP contribution in [0.4, 0.5) is 8.78 Å². The molecule has 0 aromatic rings. The van der Waals surface area contributed by atoms with Crippen LogP contribution in [0.1, 0.15) is 13.3 Å². The summed E-state index contributed by atoms with van der Waals surface area (Å²) in [5.41, 5.74) is -0.227. The summed E-state index contributed by atoms with van der Waals surface area (Å²) >= 11 is 0. The highest BCUT2D eigenvalue weighted by Crippen LogP contribution is 2.20. The fourth-order valence-corrected chi connectivity index (χ4v) is 0.956. The number of hydrogen-bond acceptors (Lipinski definition) is 5. The Balaban J connectivity index is 4.13. The molecule has 0 saturated heterocycles. The molecule has 0 aromatic carbocycles. The van der Waals surface area contributed by atoms with Gasteiger partial charge in [-0.3, -0.25) is 4.55 Å². The minimum absolute atomic E-state index is 0.152. The van der Waals surface area contributed by atoms with E-state index in [1.165, 1.54) is 0 Å². The SMILES string of the molecule is C=C(COCC(F)(F)S(=O)(=O)O)C(=O)OCCC. The molecule has 0 aromatic heterocycles. The summed E-state index contributed by atoms with van der Waals surface area (Å²) < 4.78 is 62.9. The van der Waals surface area contributed by atoms with E-state index >= 15 is 0 Å². The van der Waals surface area contributed by atoms with Crippen molar-refractivity contribution in [2.24, 2.45) is 0 Å². The third kappa shape index (κ3) is 5.52. The zero-order valence-corrected chi connectivity index (χ0v) is 10.5. The van der Waals surface area contributed by atoms with Gasteiger partial charge in [-0.15, -0.1) is 0 Å². The Morgan fingerprint density at radius 1 is 1.44 bits per heavy atom. The van der Waals surface area contributed by atoms with Crippen LogP contribution in [0.25, 0.3) is 0 Å². The van der Waals surface area contributed by atoms with Crippen molar-refractivity contribution in [1.82, 2.24) is 0 Å². The van der Waals surface area contributed by atoms with Crippen LogP contribution in [-0.2, 0) is 24.4 Å². The van der Waals surface area contributed by atoms with Gasteiger partial charge in [-0.05, 0) is 6.42 Å². The second-order valence-corrected chi connectivity index (χ2v) is 4.89. The predicted molar refractivity (Wildman–Crippen MR) is 57.7 cm³/mol. The lowest BCUT2D eigenvalue weighted by Crippen LogP contribution is -2.34. The minimum Gasteiger partial charge on any atom is -0.462 e. The number of hydrogen-bond donors (Lipinski definition) is 1. The van der Waals surface area contributed by atoms with Crippen LogP contribution in [0.3, 0.4) is 0 Å². The van der Waals surface area contributed by atoms with Gasteiger partial charge in [-0.1, -0.05) is 13.5 Å². The van der Waals surface area contributed by atoms with Crippen LogP contribution in [0.2, 0.25) is 0 Å². The molecule has 0 saturated carbocycles. The second kappa shape index (κ2) is 6.76. The molecule has 0 aliphatic carbocycles. The number of halogens is 2. The molecule has 0 aliphatic rings. The summed E-state index contributed by atoms with van der Waals surface area (Å²) in [5, 5.41) is -4.43. The average Bonchev–Trinajstić information content (AvgIpc) is 2.23. The summed E-state index contributed by atoms with van der Waals surface area (Å²) in [6, 6.07) is 0. The smallest absolute Gasteiger partial charge is 0.392 e. The molecule has 0 rings (SSSR count). The Hall–Kier alpha value is -1.06. The standard InChI is InChI=1S/C9H14F2O6S/c1-3-4-17-8(12)7(2)5-16-6-9(10,11)18(13,14)15/h2-6H2,1H3,(H,13,14,15). The van der Waals surface area contributed by atoms with Gasteiger partial charge >= 0.3 is 21.3 Å². The van der Waals surface area contributed by atoms with E-state index in [4.69, 9.17) is 4.55 Å². The molecule has 106 valence electrons. The normalized spacial score (nSPS) is 12.2. The molecule has 0 amide bonds. The Labute approximate surface area is 103 Å². The van der Waals surface area contributed by atoms with Gasteiger partial charge in [0.25, 0.3) is 0 Å². The van der Waals surface area contributed by atoms with E-state index in [1.807, 2.05) is 0 Å². The van der Waals surface area contributed by atoms with Gasteiger partial charge in [0.2, 0.25) is 0 Å². The topological polar surface area (TPSA) is 89.9 Å². The van der Waals surface area contributed by atoms with Gasteiger partial charge in [0.05, 0.1) is 18.8 Å². The lowest BCUT2D eigenvalue weighted by molar-refractivity contribution is -0.140. The van der Waals surface area contributed by atoms with Crippen molar-refractivity contribution in [2.75, 3.05) is 19.8 Å². The molecule has 18 heavy (non-hydrogen) atoms. The molecular formula is C9H14F2O6S. The Bertz CT molecular complexity index is 403. The van der Waals surface area contributed by atoms with Crippen molar-refractivity contribution in [3.05, 3.63) is 12.2 Å². The van der Waals surface area contributed by atoms with E-state index < -0.39 is 34.6 Å². The van der Waals surface area contributed by atoms with E-state index in [0.717, 1.165) is 0 Å². The molecule has 0 radical (unpaired) electrons. The third-order valence-corrected chi connectivity index (χ3v) is 2.52. The lowest BCUT2D eigenvalue weighted by Gasteiger charge is -2.13. The number of ether oxygens (including phenoxy) is 2. The Morgan fingerprint density at radius 2 is 2.00 bits per heavy atom. The maximum Gasteiger partial charge on any atom is 0.392 e. The minimum atomic E-state index is -5.54. The first-order valence-corrected chi connectivity index (χ1v) is 6.33. The number of carbonyl (C=O) groups is 1. The van der Waals surface area contributed by atoms with Crippen LogP contribution < -0.4 is 0 Å². The molecule has 0 aliphatic heterocycles. The highest BCUT2D eigenvalue weighted by atomic mass is 32.2. The van der Waals surface area contributed by atoms with Crippen LogP contribution >= 0.6 is 0 Å². The highest BCUT2D eigenvalue weighted by Gasteiger charge is 2.44. The summed E-state index contributed by atoms with van der Waals surface area (Å²) in [5.74, 6) is -0.813. The van der Waals surface area contributed by atoms with Crippen LogP contribution in [0, 0.1) is 0 Å². The lowest BCUT2D eigenvalue weighted by atomic mass is 10.3. The summed E-state index contributed by atoms with van der Waals surface area (Å²) in [4.78, 5) is 11.1. The van der Waals surface area contributed by atoms with Gasteiger partial charge in [0.15, 0.2) is 0 Å². The van der Waals surface area contributed by atoms with Crippen molar-refractivity contribution in [3.63, 3.8) is 0 Å². The van der Waals surface area contributed by atoms with Gasteiger partial charge in [-0.25, -0.2) is 4.79 Å². The first-order valence-electron chi connectivity index (χ1n) is 4.89. The fourth-order valence-electron chi connectivity index (χ4n) is 0.723. The molecule has 0 heterocycles. The van der Waals surface area contributed by atoms with Crippen molar-refractivity contribution < 1.29 is 36.0 Å². The van der Waals surface area contributed by atoms with Gasteiger partial charge in [0, 0.05) is 0 Å². The molecule has 0 fully saturated rings. The number of rotatable bonds is 8. The molecule has 9 heteroatoms. The van der Waals surface area contributed by atoms with Crippen LogP contribution in [0.5, 0.6) is 0 Å². The molecular weight excluding hydrogens is 274 g/mol. The highest BCUT2D eigenvalue weighted by molar-refractivity contribution is 7.86. The largest absolute Gasteiger partial charge is 0.462 e. The van der Waals surface area contributed by atoms with Gasteiger partial charge in [-0.2, -0.15) is 17.2 Å². The summed E-state index contributed by atoms with van der Waals surface area (Å²) in [6.45, 7) is 2.95. The monoisotopic (exact) mass is 288 g/mol. The van der Waals surface area contributed by atoms with E-state index in [-0.39, 0.29) is 12.2 Å². The van der Waals surface area contributed by atoms with Crippen molar-refractivity contribution in [3.8, 4) is 0 Å². The summed E-state index contributed by atoms with van der Waals surface area (Å²) in [7, 11) is -5.54. The van der Waals surface area contributed by atoms with Crippen molar-refractivity contribution >= 4 is 16.1 Å². The molecule has 0 unspecified atom stereocenters. The van der Waals surface area contributed by atoms with Gasteiger partial charge in [0.1, 0.15) is 6.61 Å². The third-order valence-electron chi connectivity index (χ3n) is 1.65. The van der Waals surface area contributed by atoms with Gasteiger partial charge < -0.3 is 9.47 Å². The number of alkyl halides is 2. The second-order valence-electron chi connectivity index (χ2n) is 3.34. The van der Waals surface area contributed by atoms with E-state index in [9.17, 15) is 22.0 Å². The van der Waals surface area contributed by atoms with Crippen molar-refractivity contribution in [1.29, 1.82) is 0 Å². The number of esters is 1. The first kappa shape index (κ1) is 16.9. The maximum atomic E-state index is 12.7. The van der Waals surface area contributed by atoms with E-state index in [0.29, 0.717) is 6.42 Å². The van der Waals surface area contributed by atoms with E-state index in [2.05, 4.69) is 16.1 Å². The van der Waals surface area contributed by atoms with E-state index in [1.54, 1.807) is 6.92 Å². The molecule has 0 atom stereocenters. The fraction of sp³-hybridized carbons (Fsp3) is 0.667. The molecule has 0 bridgehead atoms. The molecule has 1 N–H and O–H groups in total. The van der Waals surface area contributed by atoms with Crippen molar-refractivity contribution in [2.45, 2.75) is 18.6 Å². The molecule has 6 nitrogen and oxygen atoms in total. The Morgan fingerprint density at radius 3 is 2.44 bits per heavy atom. The predicted octanol–water partition coefficient (Wildman–Crippen LogP) is 0.993. The zero-order valence-electron chi connectivity index (χ0n) is 9.69. The molecule has 0 spiro atoms. The average molecular weight is 288 g/mol. The van der Waals surface area contributed by atoms with Crippen LogP contribution in [-0.4, -0.2) is 44.0 Å². The zero-order chi connectivity index (χ0) is 14.4. The maximum absolute atomic E-state index is 12.7. The number of carbonyl (C=O) groups excluding carboxylic acids is 1. The first-order chi connectivity index (χ1) is 8.12. The summed E-state index contributed by atoms with van der Waals surface area (Å²) in [6.07, 6.45) is 0.584. The van der Waals surface area contributed by atoms with Crippen LogP contribution in [0.15, 0.2) is 12.2 Å². The Kier molecular flexibility index (Phi) is 6.36.